The molecule has 0 unspecified atom stereocenters. The number of anilines is 1. The summed E-state index contributed by atoms with van der Waals surface area (Å²) in [6, 6.07) is 52.5. The molecule has 0 radical (unpaired) electrons. The third-order valence-corrected chi connectivity index (χ3v) is 7.67. The lowest BCUT2D eigenvalue weighted by molar-refractivity contribution is -0.432. The van der Waals surface area contributed by atoms with Crippen LogP contribution in [0.25, 0.3) is 21.5 Å². The van der Waals surface area contributed by atoms with E-state index < -0.39 is 5.54 Å². The van der Waals surface area contributed by atoms with Crippen molar-refractivity contribution in [2.45, 2.75) is 5.54 Å². The summed E-state index contributed by atoms with van der Waals surface area (Å²) in [7, 11) is 0. The molecular weight excluding hydrogens is 448 g/mol. The number of nitrogens with zero attached hydrogens (tertiary/aromatic N) is 2. The molecule has 0 N–H and O–H groups in total. The van der Waals surface area contributed by atoms with Crippen LogP contribution >= 0.6 is 0 Å². The third-order valence-electron chi connectivity index (χ3n) is 7.67. The van der Waals surface area contributed by atoms with Gasteiger partial charge in [0.1, 0.15) is 17.9 Å². The third kappa shape index (κ3) is 3.45. The highest BCUT2D eigenvalue weighted by Crippen LogP contribution is 2.45. The highest BCUT2D eigenvalue weighted by Gasteiger charge is 2.52. The molecule has 0 spiro atoms. The zero-order chi connectivity index (χ0) is 24.7. The smallest absolute Gasteiger partial charge is 0.228 e. The van der Waals surface area contributed by atoms with Gasteiger partial charge in [-0.05, 0) is 22.9 Å². The summed E-state index contributed by atoms with van der Waals surface area (Å²) in [5.41, 5.74) is 4.55. The van der Waals surface area contributed by atoms with Gasteiger partial charge < -0.3 is 0 Å². The van der Waals surface area contributed by atoms with Crippen LogP contribution in [0.2, 0.25) is 0 Å². The van der Waals surface area contributed by atoms with Gasteiger partial charge in [0.2, 0.25) is 6.34 Å². The molecule has 1 aliphatic rings. The first-order chi connectivity index (χ1) is 18.3. The first kappa shape index (κ1) is 21.6. The molecule has 0 fully saturated rings. The lowest BCUT2D eigenvalue weighted by atomic mass is 9.81. The summed E-state index contributed by atoms with van der Waals surface area (Å²) in [4.78, 5) is 2.50. The van der Waals surface area contributed by atoms with E-state index in [0.29, 0.717) is 0 Å². The van der Waals surface area contributed by atoms with Gasteiger partial charge in [0.05, 0.1) is 0 Å². The summed E-state index contributed by atoms with van der Waals surface area (Å²) in [5, 5.41) is 5.00. The summed E-state index contributed by atoms with van der Waals surface area (Å²) in [5.74, 6) is 0. The fraction of sp³-hybridized carbons (Fsp3) is 0.0571. The normalized spacial score (nSPS) is 14.7. The Morgan fingerprint density at radius 1 is 0.486 bits per heavy atom. The Hall–Kier alpha value is -4.69. The highest BCUT2D eigenvalue weighted by molar-refractivity contribution is 6.01. The number of hydrogen-bond acceptors (Lipinski definition) is 1. The molecule has 2 heteroatoms. The Kier molecular flexibility index (Phi) is 5.11. The van der Waals surface area contributed by atoms with Crippen molar-refractivity contribution < 1.29 is 4.58 Å². The van der Waals surface area contributed by atoms with Crippen molar-refractivity contribution in [1.82, 2.24) is 0 Å². The first-order valence-corrected chi connectivity index (χ1v) is 12.8. The molecule has 2 nitrogen and oxygen atoms in total. The van der Waals surface area contributed by atoms with E-state index >= 15 is 0 Å². The van der Waals surface area contributed by atoms with Gasteiger partial charge in [-0.3, -0.25) is 0 Å². The Morgan fingerprint density at radius 2 is 1.00 bits per heavy atom. The van der Waals surface area contributed by atoms with Gasteiger partial charge in [-0.25, -0.2) is 9.48 Å². The predicted octanol–water partition coefficient (Wildman–Crippen LogP) is 8.13. The molecule has 0 bridgehead atoms. The summed E-state index contributed by atoms with van der Waals surface area (Å²) in [6.45, 7) is 0.790. The molecule has 0 aromatic heterocycles. The van der Waals surface area contributed by atoms with Crippen LogP contribution in [0, 0.1) is 0 Å². The van der Waals surface area contributed by atoms with Crippen LogP contribution in [0.5, 0.6) is 0 Å². The van der Waals surface area contributed by atoms with Crippen molar-refractivity contribution in [2.75, 3.05) is 11.4 Å². The summed E-state index contributed by atoms with van der Waals surface area (Å²) in [6.07, 6.45) is 2.32. The number of benzene rings is 6. The molecule has 0 amide bonds. The van der Waals surface area contributed by atoms with Crippen molar-refractivity contribution in [3.05, 3.63) is 157 Å². The largest absolute Gasteiger partial charge is 0.245 e. The lowest BCUT2D eigenvalue weighted by Crippen LogP contribution is -2.45. The van der Waals surface area contributed by atoms with E-state index in [-0.39, 0.29) is 0 Å². The molecule has 37 heavy (non-hydrogen) atoms. The van der Waals surface area contributed by atoms with Gasteiger partial charge in [-0.1, -0.05) is 133 Å². The monoisotopic (exact) mass is 475 g/mol. The van der Waals surface area contributed by atoms with Gasteiger partial charge >= 0.3 is 0 Å². The van der Waals surface area contributed by atoms with E-state index in [1.165, 1.54) is 44.0 Å². The Balaban J connectivity index is 1.55. The summed E-state index contributed by atoms with van der Waals surface area (Å²) >= 11 is 0. The topological polar surface area (TPSA) is 6.25 Å². The molecule has 0 aliphatic carbocycles. The Bertz CT molecular complexity index is 1700. The van der Waals surface area contributed by atoms with Crippen molar-refractivity contribution in [1.29, 1.82) is 0 Å². The first-order valence-electron chi connectivity index (χ1n) is 12.8. The molecule has 0 saturated heterocycles. The van der Waals surface area contributed by atoms with Crippen molar-refractivity contribution in [3.63, 3.8) is 0 Å². The van der Waals surface area contributed by atoms with Gasteiger partial charge in [0.25, 0.3) is 0 Å². The van der Waals surface area contributed by atoms with Crippen LogP contribution in [0.4, 0.5) is 11.4 Å². The van der Waals surface area contributed by atoms with E-state index in [2.05, 4.69) is 161 Å². The predicted molar refractivity (Wildman–Crippen MR) is 155 cm³/mol. The molecule has 7 rings (SSSR count). The van der Waals surface area contributed by atoms with Gasteiger partial charge in [-0.15, -0.1) is 0 Å². The van der Waals surface area contributed by atoms with Crippen molar-refractivity contribution in [2.24, 2.45) is 0 Å². The quantitative estimate of drug-likeness (QED) is 0.233. The van der Waals surface area contributed by atoms with Crippen LogP contribution in [0.1, 0.15) is 11.1 Å². The van der Waals surface area contributed by atoms with Crippen molar-refractivity contribution in [3.8, 4) is 0 Å². The molecule has 6 aromatic rings. The van der Waals surface area contributed by atoms with Gasteiger partial charge in [-0.2, -0.15) is 0 Å². The van der Waals surface area contributed by atoms with Crippen molar-refractivity contribution >= 4 is 39.3 Å². The molecule has 176 valence electrons. The molecule has 0 atom stereocenters. The number of rotatable bonds is 4. The second-order valence-corrected chi connectivity index (χ2v) is 9.70. The standard InChI is InChI=1S/C35H27N2/c1-3-17-29(18-4-1)35(30-19-5-2-6-20-30)25-36(33-23-11-15-27-13-7-9-21-31(27)33)26-37(35)34-24-12-16-28-14-8-10-22-32(28)34/h1-24,26H,25H2/q+1. The number of fused-ring (bicyclic) bond motifs is 2. The average molecular weight is 476 g/mol. The van der Waals surface area contributed by atoms with Gasteiger partial charge in [0.15, 0.2) is 5.54 Å². The maximum absolute atomic E-state index is 2.50. The summed E-state index contributed by atoms with van der Waals surface area (Å²) < 4.78 is 2.43. The molecule has 1 aliphatic heterocycles. The second-order valence-electron chi connectivity index (χ2n) is 9.70. The van der Waals surface area contributed by atoms with E-state index in [1.54, 1.807) is 0 Å². The fourth-order valence-corrected chi connectivity index (χ4v) is 5.95. The van der Waals surface area contributed by atoms with Crippen LogP contribution in [0.3, 0.4) is 0 Å². The fourth-order valence-electron chi connectivity index (χ4n) is 5.95. The lowest BCUT2D eigenvalue weighted by Gasteiger charge is -2.33. The molecule has 6 aromatic carbocycles. The Morgan fingerprint density at radius 3 is 1.68 bits per heavy atom. The molecule has 1 heterocycles. The minimum atomic E-state index is -0.413. The van der Waals surface area contributed by atoms with Crippen LogP contribution in [-0.4, -0.2) is 17.5 Å². The maximum Gasteiger partial charge on any atom is 0.245 e. The van der Waals surface area contributed by atoms with E-state index in [4.69, 9.17) is 0 Å². The zero-order valence-corrected chi connectivity index (χ0v) is 20.5. The highest BCUT2D eigenvalue weighted by atomic mass is 15.3. The maximum atomic E-state index is 2.50. The zero-order valence-electron chi connectivity index (χ0n) is 20.5. The van der Waals surface area contributed by atoms with E-state index in [1.807, 2.05) is 0 Å². The van der Waals surface area contributed by atoms with Crippen LogP contribution in [-0.2, 0) is 5.54 Å². The van der Waals surface area contributed by atoms with E-state index in [9.17, 15) is 0 Å². The minimum absolute atomic E-state index is 0.413. The van der Waals surface area contributed by atoms with Gasteiger partial charge in [0, 0.05) is 21.9 Å². The molecular formula is C35H27N2+. The molecule has 0 saturated carbocycles. The number of hydrogen-bond donors (Lipinski definition) is 0. The van der Waals surface area contributed by atoms with Crippen LogP contribution < -0.4 is 4.90 Å². The second kappa shape index (κ2) is 8.76. The minimum Gasteiger partial charge on any atom is -0.228 e. The Labute approximate surface area is 217 Å². The van der Waals surface area contributed by atoms with Crippen LogP contribution in [0.15, 0.2) is 146 Å². The van der Waals surface area contributed by atoms with E-state index in [0.717, 1.165) is 6.54 Å². The average Bonchev–Trinajstić information content (AvgIpc) is 3.39. The SMILES string of the molecule is C1=[N+](c2cccc3ccccc23)CC(c2ccccc2)(c2ccccc2)N1c1cccc2ccccc12.